The third-order valence-corrected chi connectivity index (χ3v) is 2.53. The van der Waals surface area contributed by atoms with Gasteiger partial charge in [0.1, 0.15) is 10.4 Å². The Kier molecular flexibility index (Phi) is 2.44. The summed E-state index contributed by atoms with van der Waals surface area (Å²) in [4.78, 5) is 3.06. The average Bonchev–Trinajstić information content (AvgIpc) is 2.16. The normalized spacial score (nSPS) is 10.4. The number of aromatic amines is 1. The third-order valence-electron chi connectivity index (χ3n) is 2.00. The van der Waals surface area contributed by atoms with Gasteiger partial charge in [0.2, 0.25) is 0 Å². The second kappa shape index (κ2) is 3.59. The summed E-state index contributed by atoms with van der Waals surface area (Å²) >= 11 is 11.0. The molecule has 0 unspecified atom stereocenters. The van der Waals surface area contributed by atoms with Crippen LogP contribution in [0, 0.1) is 4.64 Å². The van der Waals surface area contributed by atoms with E-state index in [4.69, 9.17) is 28.6 Å². The number of H-pyrrole nitrogens is 1. The predicted molar refractivity (Wildman–Crippen MR) is 60.7 cm³/mol. The van der Waals surface area contributed by atoms with E-state index in [-0.39, 0.29) is 0 Å². The standard InChI is InChI=1S/C10H8ClNOS/c1-13-9-4-6-2-3-10(14)12-8(6)5-7(9)11/h2-5H,1H3,(H,12,14). The van der Waals surface area contributed by atoms with Gasteiger partial charge in [-0.25, -0.2) is 0 Å². The van der Waals surface area contributed by atoms with Gasteiger partial charge in [0.15, 0.2) is 0 Å². The Morgan fingerprint density at radius 3 is 2.86 bits per heavy atom. The number of pyridine rings is 1. The molecule has 1 aromatic carbocycles. The van der Waals surface area contributed by atoms with Gasteiger partial charge in [0.25, 0.3) is 0 Å². The number of ether oxygens (including phenoxy) is 1. The maximum atomic E-state index is 5.98. The largest absolute Gasteiger partial charge is 0.495 e. The van der Waals surface area contributed by atoms with E-state index in [9.17, 15) is 0 Å². The molecule has 0 spiro atoms. The lowest BCUT2D eigenvalue weighted by Gasteiger charge is -2.04. The zero-order valence-corrected chi connectivity index (χ0v) is 9.08. The van der Waals surface area contributed by atoms with Crippen LogP contribution in [0.2, 0.25) is 5.02 Å². The molecule has 0 amide bonds. The highest BCUT2D eigenvalue weighted by atomic mass is 35.5. The highest BCUT2D eigenvalue weighted by Gasteiger charge is 2.02. The second-order valence-corrected chi connectivity index (χ2v) is 3.74. The fourth-order valence-electron chi connectivity index (χ4n) is 1.31. The molecule has 0 bridgehead atoms. The SMILES string of the molecule is COc1cc2ccc(=S)[nH]c2cc1Cl. The summed E-state index contributed by atoms with van der Waals surface area (Å²) in [6, 6.07) is 7.46. The van der Waals surface area contributed by atoms with Crippen molar-refractivity contribution in [1.29, 1.82) is 0 Å². The van der Waals surface area contributed by atoms with Crippen LogP contribution in [-0.2, 0) is 0 Å². The zero-order chi connectivity index (χ0) is 10.1. The van der Waals surface area contributed by atoms with Gasteiger partial charge in [0.05, 0.1) is 12.1 Å². The van der Waals surface area contributed by atoms with E-state index in [0.29, 0.717) is 15.4 Å². The Labute approximate surface area is 91.5 Å². The van der Waals surface area contributed by atoms with Crippen molar-refractivity contribution < 1.29 is 4.74 Å². The molecule has 2 nitrogen and oxygen atoms in total. The van der Waals surface area contributed by atoms with Gasteiger partial charge in [-0.3, -0.25) is 0 Å². The van der Waals surface area contributed by atoms with Crippen molar-refractivity contribution in [2.24, 2.45) is 0 Å². The van der Waals surface area contributed by atoms with Crippen LogP contribution >= 0.6 is 23.8 Å². The molecule has 0 atom stereocenters. The van der Waals surface area contributed by atoms with Crippen LogP contribution in [0.5, 0.6) is 5.75 Å². The first-order valence-corrected chi connectivity index (χ1v) is 4.86. The first-order valence-electron chi connectivity index (χ1n) is 4.07. The van der Waals surface area contributed by atoms with Crippen LogP contribution in [0.1, 0.15) is 0 Å². The van der Waals surface area contributed by atoms with Gasteiger partial charge in [-0.2, -0.15) is 0 Å². The number of nitrogens with one attached hydrogen (secondary N) is 1. The molecule has 0 aliphatic rings. The van der Waals surface area contributed by atoms with E-state index in [0.717, 1.165) is 10.9 Å². The summed E-state index contributed by atoms with van der Waals surface area (Å²) in [5, 5.41) is 1.61. The van der Waals surface area contributed by atoms with Crippen LogP contribution in [0.15, 0.2) is 24.3 Å². The molecule has 0 saturated heterocycles. The summed E-state index contributed by atoms with van der Waals surface area (Å²) < 4.78 is 5.80. The van der Waals surface area contributed by atoms with Crippen molar-refractivity contribution >= 4 is 34.7 Å². The van der Waals surface area contributed by atoms with Gasteiger partial charge >= 0.3 is 0 Å². The molecule has 2 aromatic rings. The number of hydrogen-bond acceptors (Lipinski definition) is 2. The van der Waals surface area contributed by atoms with Gasteiger partial charge in [-0.15, -0.1) is 0 Å². The molecule has 1 heterocycles. The Hall–Kier alpha value is -1.06. The molecule has 1 aromatic heterocycles. The van der Waals surface area contributed by atoms with E-state index < -0.39 is 0 Å². The topological polar surface area (TPSA) is 25.0 Å². The summed E-state index contributed by atoms with van der Waals surface area (Å²) in [6.07, 6.45) is 0. The number of aromatic nitrogens is 1. The molecule has 2 rings (SSSR count). The Morgan fingerprint density at radius 1 is 1.36 bits per heavy atom. The van der Waals surface area contributed by atoms with E-state index in [2.05, 4.69) is 4.98 Å². The Morgan fingerprint density at radius 2 is 2.14 bits per heavy atom. The van der Waals surface area contributed by atoms with Crippen LogP contribution in [-0.4, -0.2) is 12.1 Å². The summed E-state index contributed by atoms with van der Waals surface area (Å²) in [7, 11) is 1.60. The number of halogens is 1. The molecule has 0 aliphatic heterocycles. The summed E-state index contributed by atoms with van der Waals surface area (Å²) in [5.74, 6) is 0.671. The molecule has 0 saturated carbocycles. The van der Waals surface area contributed by atoms with E-state index in [1.54, 1.807) is 7.11 Å². The number of hydrogen-bond donors (Lipinski definition) is 1. The molecular formula is C10H8ClNOS. The molecule has 0 fully saturated rings. The average molecular weight is 226 g/mol. The zero-order valence-electron chi connectivity index (χ0n) is 7.50. The number of methoxy groups -OCH3 is 1. The predicted octanol–water partition coefficient (Wildman–Crippen LogP) is 3.56. The molecule has 72 valence electrons. The Balaban J connectivity index is 2.79. The molecule has 0 radical (unpaired) electrons. The minimum Gasteiger partial charge on any atom is -0.495 e. The fraction of sp³-hybridized carbons (Fsp3) is 0.100. The molecule has 4 heteroatoms. The van der Waals surface area contributed by atoms with Crippen molar-refractivity contribution in [2.45, 2.75) is 0 Å². The second-order valence-electron chi connectivity index (χ2n) is 2.90. The highest BCUT2D eigenvalue weighted by Crippen LogP contribution is 2.28. The molecule has 1 N–H and O–H groups in total. The van der Waals surface area contributed by atoms with Crippen molar-refractivity contribution in [3.63, 3.8) is 0 Å². The lowest BCUT2D eigenvalue weighted by Crippen LogP contribution is -1.86. The van der Waals surface area contributed by atoms with Crippen molar-refractivity contribution in [3.8, 4) is 5.75 Å². The number of fused-ring (bicyclic) bond motifs is 1. The number of rotatable bonds is 1. The monoisotopic (exact) mass is 225 g/mol. The van der Waals surface area contributed by atoms with Gasteiger partial charge in [-0.05, 0) is 24.3 Å². The first-order chi connectivity index (χ1) is 6.70. The lowest BCUT2D eigenvalue weighted by atomic mass is 10.2. The van der Waals surface area contributed by atoms with Gasteiger partial charge in [0, 0.05) is 10.9 Å². The van der Waals surface area contributed by atoms with Crippen molar-refractivity contribution in [2.75, 3.05) is 7.11 Å². The van der Waals surface area contributed by atoms with Crippen LogP contribution in [0.3, 0.4) is 0 Å². The van der Waals surface area contributed by atoms with Crippen molar-refractivity contribution in [3.05, 3.63) is 33.9 Å². The van der Waals surface area contributed by atoms with Crippen molar-refractivity contribution in [1.82, 2.24) is 4.98 Å². The minimum atomic E-state index is 0.580. The molecule has 0 aliphatic carbocycles. The van der Waals surface area contributed by atoms with Gasteiger partial charge in [-0.1, -0.05) is 23.8 Å². The van der Waals surface area contributed by atoms with Crippen LogP contribution in [0.4, 0.5) is 0 Å². The first kappa shape index (κ1) is 9.49. The quantitative estimate of drug-likeness (QED) is 0.751. The smallest absolute Gasteiger partial charge is 0.138 e. The van der Waals surface area contributed by atoms with E-state index in [1.807, 2.05) is 24.3 Å². The fourth-order valence-corrected chi connectivity index (χ4v) is 1.73. The maximum Gasteiger partial charge on any atom is 0.138 e. The van der Waals surface area contributed by atoms with E-state index >= 15 is 0 Å². The Bertz CT molecular complexity index is 535. The maximum absolute atomic E-state index is 5.98. The van der Waals surface area contributed by atoms with Crippen LogP contribution < -0.4 is 4.74 Å². The number of benzene rings is 1. The molecular weight excluding hydrogens is 218 g/mol. The highest BCUT2D eigenvalue weighted by molar-refractivity contribution is 7.71. The van der Waals surface area contributed by atoms with Gasteiger partial charge < -0.3 is 9.72 Å². The minimum absolute atomic E-state index is 0.580. The van der Waals surface area contributed by atoms with Crippen LogP contribution in [0.25, 0.3) is 10.9 Å². The summed E-state index contributed by atoms with van der Waals surface area (Å²) in [6.45, 7) is 0. The molecule has 14 heavy (non-hydrogen) atoms. The van der Waals surface area contributed by atoms with E-state index in [1.165, 1.54) is 0 Å². The lowest BCUT2D eigenvalue weighted by molar-refractivity contribution is 0.415. The summed E-state index contributed by atoms with van der Waals surface area (Å²) in [5.41, 5.74) is 0.920. The third kappa shape index (κ3) is 1.61.